The molecule has 0 aliphatic carbocycles. The fraction of sp³-hybridized carbons (Fsp3) is 0.333. The Kier molecular flexibility index (Phi) is 4.93. The topological polar surface area (TPSA) is 60.2 Å². The maximum atomic E-state index is 9.75. The highest BCUT2D eigenvalue weighted by atomic mass is 32.2. The molecule has 0 fully saturated rings. The van der Waals surface area contributed by atoms with E-state index < -0.39 is 0 Å². The number of benzene rings is 2. The van der Waals surface area contributed by atoms with Crippen molar-refractivity contribution in [3.05, 3.63) is 54.4 Å². The number of nitrogens with zero attached hydrogens (tertiary/aromatic N) is 3. The van der Waals surface area contributed by atoms with Crippen LogP contribution in [0.4, 0.5) is 0 Å². The van der Waals surface area contributed by atoms with Gasteiger partial charge in [-0.2, -0.15) is 11.8 Å². The highest BCUT2D eigenvalue weighted by Crippen LogP contribution is 2.37. The van der Waals surface area contributed by atoms with Crippen LogP contribution in [0.3, 0.4) is 0 Å². The van der Waals surface area contributed by atoms with Gasteiger partial charge in [0.05, 0.1) is 19.3 Å². The summed E-state index contributed by atoms with van der Waals surface area (Å²) >= 11 is 1.79. The first-order valence-corrected chi connectivity index (χ1v) is 10.0. The van der Waals surface area contributed by atoms with E-state index >= 15 is 0 Å². The van der Waals surface area contributed by atoms with Crippen molar-refractivity contribution in [3.8, 4) is 28.3 Å². The van der Waals surface area contributed by atoms with Crippen LogP contribution in [0.5, 0.6) is 5.75 Å². The molecule has 1 aliphatic heterocycles. The average molecular weight is 382 g/mol. The fourth-order valence-corrected chi connectivity index (χ4v) is 4.55. The number of aliphatic hydroxyl groups excluding tert-OH is 1. The van der Waals surface area contributed by atoms with E-state index in [9.17, 15) is 5.11 Å². The minimum Gasteiger partial charge on any atom is -0.496 e. The van der Waals surface area contributed by atoms with E-state index in [1.807, 2.05) is 18.2 Å². The highest BCUT2D eigenvalue weighted by molar-refractivity contribution is 8.00. The van der Waals surface area contributed by atoms with Crippen molar-refractivity contribution in [1.82, 2.24) is 14.8 Å². The van der Waals surface area contributed by atoms with Gasteiger partial charge in [-0.3, -0.25) is 0 Å². The third-order valence-corrected chi connectivity index (χ3v) is 6.37. The predicted molar refractivity (Wildman–Crippen MR) is 109 cm³/mol. The Balaban J connectivity index is 1.75. The third-order valence-electron chi connectivity index (χ3n) is 5.01. The van der Waals surface area contributed by atoms with Crippen LogP contribution >= 0.6 is 11.8 Å². The number of aliphatic hydroxyl groups is 1. The summed E-state index contributed by atoms with van der Waals surface area (Å²) < 4.78 is 7.64. The molecule has 140 valence electrons. The molecule has 0 amide bonds. The molecule has 2 aromatic carbocycles. The summed E-state index contributed by atoms with van der Waals surface area (Å²) in [5, 5.41) is 18.6. The van der Waals surface area contributed by atoms with Gasteiger partial charge in [0.1, 0.15) is 11.6 Å². The lowest BCUT2D eigenvalue weighted by molar-refractivity contribution is 0.254. The predicted octanol–water partition coefficient (Wildman–Crippen LogP) is 3.66. The molecule has 6 heteroatoms. The highest BCUT2D eigenvalue weighted by Gasteiger charge is 2.31. The van der Waals surface area contributed by atoms with Crippen molar-refractivity contribution in [1.29, 1.82) is 0 Å². The number of rotatable bonds is 4. The van der Waals surface area contributed by atoms with Crippen molar-refractivity contribution in [2.75, 3.05) is 19.5 Å². The summed E-state index contributed by atoms with van der Waals surface area (Å²) in [6.45, 7) is 3.04. The van der Waals surface area contributed by atoms with Crippen LogP contribution in [0.1, 0.15) is 12.7 Å². The molecule has 1 N–H and O–H groups in total. The average Bonchev–Trinajstić information content (AvgIpc) is 3.01. The summed E-state index contributed by atoms with van der Waals surface area (Å²) in [5.74, 6) is 3.44. The van der Waals surface area contributed by atoms with Crippen molar-refractivity contribution in [2.24, 2.45) is 0 Å². The first kappa shape index (κ1) is 18.1. The number of ether oxygens (including phenoxy) is 1. The lowest BCUT2D eigenvalue weighted by atomic mass is 10.0. The summed E-state index contributed by atoms with van der Waals surface area (Å²) in [7, 11) is 1.69. The Morgan fingerprint density at radius 1 is 1.15 bits per heavy atom. The van der Waals surface area contributed by atoms with Crippen LogP contribution < -0.4 is 4.74 Å². The molecule has 4 rings (SSSR count). The molecule has 0 saturated carbocycles. The van der Waals surface area contributed by atoms with Gasteiger partial charge in [-0.15, -0.1) is 10.2 Å². The molecule has 0 bridgehead atoms. The molecule has 27 heavy (non-hydrogen) atoms. The van der Waals surface area contributed by atoms with Crippen LogP contribution in [0.15, 0.2) is 48.5 Å². The van der Waals surface area contributed by atoms with Gasteiger partial charge in [0.2, 0.25) is 0 Å². The zero-order valence-electron chi connectivity index (χ0n) is 15.6. The molecule has 1 aliphatic rings. The SMILES string of the molecule is COc1cc(-c2ccccc2)ccc1-c1nnc2n1CCSC(C)(CO)C2. The number of aromatic nitrogens is 3. The van der Waals surface area contributed by atoms with Crippen LogP contribution in [-0.2, 0) is 13.0 Å². The van der Waals surface area contributed by atoms with Gasteiger partial charge in [-0.1, -0.05) is 36.4 Å². The molecule has 0 saturated heterocycles. The Morgan fingerprint density at radius 3 is 2.70 bits per heavy atom. The number of methoxy groups -OCH3 is 1. The molecular weight excluding hydrogens is 358 g/mol. The molecule has 5 nitrogen and oxygen atoms in total. The zero-order valence-corrected chi connectivity index (χ0v) is 16.4. The summed E-state index contributed by atoms with van der Waals surface area (Å²) in [4.78, 5) is 0. The largest absolute Gasteiger partial charge is 0.496 e. The van der Waals surface area contributed by atoms with E-state index in [2.05, 4.69) is 52.0 Å². The van der Waals surface area contributed by atoms with E-state index in [0.29, 0.717) is 6.42 Å². The van der Waals surface area contributed by atoms with E-state index in [4.69, 9.17) is 4.74 Å². The van der Waals surface area contributed by atoms with Crippen LogP contribution in [0.25, 0.3) is 22.5 Å². The van der Waals surface area contributed by atoms with E-state index in [1.54, 1.807) is 18.9 Å². The number of hydrogen-bond acceptors (Lipinski definition) is 5. The standard InChI is InChI=1S/C21H23N3O2S/c1-21(14-25)13-19-22-23-20(24(19)10-11-27-21)17-9-8-16(12-18(17)26-2)15-6-4-3-5-7-15/h3-9,12,25H,10-11,13-14H2,1-2H3. The molecule has 1 unspecified atom stereocenters. The molecule has 3 aromatic rings. The quantitative estimate of drug-likeness (QED) is 0.747. The van der Waals surface area contributed by atoms with E-state index in [1.165, 1.54) is 0 Å². The fourth-order valence-electron chi connectivity index (χ4n) is 3.46. The van der Waals surface area contributed by atoms with Crippen molar-refractivity contribution >= 4 is 11.8 Å². The first-order chi connectivity index (χ1) is 13.1. The molecular formula is C21H23N3O2S. The van der Waals surface area contributed by atoms with Crippen molar-refractivity contribution in [3.63, 3.8) is 0 Å². The summed E-state index contributed by atoms with van der Waals surface area (Å²) in [6.07, 6.45) is 0.700. The maximum Gasteiger partial charge on any atom is 0.167 e. The molecule has 1 atom stereocenters. The third kappa shape index (κ3) is 3.47. The Morgan fingerprint density at radius 2 is 1.96 bits per heavy atom. The van der Waals surface area contributed by atoms with Gasteiger partial charge in [-0.05, 0) is 30.2 Å². The number of hydrogen-bond donors (Lipinski definition) is 1. The van der Waals surface area contributed by atoms with E-state index in [0.717, 1.165) is 46.4 Å². The summed E-state index contributed by atoms with van der Waals surface area (Å²) in [6, 6.07) is 16.5. The smallest absolute Gasteiger partial charge is 0.167 e. The van der Waals surface area contributed by atoms with Crippen LogP contribution in [0, 0.1) is 0 Å². The van der Waals surface area contributed by atoms with E-state index in [-0.39, 0.29) is 11.4 Å². The van der Waals surface area contributed by atoms with Gasteiger partial charge < -0.3 is 14.4 Å². The zero-order chi connectivity index (χ0) is 18.9. The lowest BCUT2D eigenvalue weighted by Crippen LogP contribution is -2.28. The van der Waals surface area contributed by atoms with Gasteiger partial charge in [0, 0.05) is 23.5 Å². The molecule has 2 heterocycles. The summed E-state index contributed by atoms with van der Waals surface area (Å²) in [5.41, 5.74) is 3.20. The van der Waals surface area contributed by atoms with Gasteiger partial charge >= 0.3 is 0 Å². The monoisotopic (exact) mass is 381 g/mol. The minimum absolute atomic E-state index is 0.134. The first-order valence-electron chi connectivity index (χ1n) is 9.04. The van der Waals surface area contributed by atoms with Crippen LogP contribution in [-0.4, -0.2) is 44.1 Å². The second-order valence-electron chi connectivity index (χ2n) is 7.01. The second kappa shape index (κ2) is 7.37. The van der Waals surface area contributed by atoms with Gasteiger partial charge in [0.15, 0.2) is 5.82 Å². The number of thioether (sulfide) groups is 1. The Bertz CT molecular complexity index is 942. The van der Waals surface area contributed by atoms with Gasteiger partial charge in [0.25, 0.3) is 0 Å². The van der Waals surface area contributed by atoms with Crippen LogP contribution in [0.2, 0.25) is 0 Å². The van der Waals surface area contributed by atoms with Crippen molar-refractivity contribution < 1.29 is 9.84 Å². The van der Waals surface area contributed by atoms with Crippen molar-refractivity contribution in [2.45, 2.75) is 24.6 Å². The lowest BCUT2D eigenvalue weighted by Gasteiger charge is -2.23. The normalized spacial score (nSPS) is 19.4. The minimum atomic E-state index is -0.209. The number of fused-ring (bicyclic) bond motifs is 1. The molecule has 1 aromatic heterocycles. The second-order valence-corrected chi connectivity index (χ2v) is 8.69. The maximum absolute atomic E-state index is 9.75. The van der Waals surface area contributed by atoms with Gasteiger partial charge in [-0.25, -0.2) is 0 Å². The Hall–Kier alpha value is -2.31. The molecule has 0 radical (unpaired) electrons. The molecule has 0 spiro atoms. The Labute approximate surface area is 163 Å².